The molecule has 0 spiro atoms. The van der Waals surface area contributed by atoms with E-state index in [0.717, 1.165) is 63.7 Å². The van der Waals surface area contributed by atoms with E-state index in [2.05, 4.69) is 30.3 Å². The zero-order valence-electron chi connectivity index (χ0n) is 14.8. The molecule has 0 unspecified atom stereocenters. The van der Waals surface area contributed by atoms with Crippen LogP contribution < -0.4 is 5.73 Å². The van der Waals surface area contributed by atoms with Crippen LogP contribution in [0.1, 0.15) is 68.1 Å². The van der Waals surface area contributed by atoms with Gasteiger partial charge in [-0.25, -0.2) is 0 Å². The molecule has 3 N–H and O–H groups in total. The van der Waals surface area contributed by atoms with Gasteiger partial charge in [-0.2, -0.15) is 0 Å². The molecule has 1 fully saturated rings. The zero-order chi connectivity index (χ0) is 17.0. The van der Waals surface area contributed by atoms with Gasteiger partial charge in [-0.1, -0.05) is 36.7 Å². The van der Waals surface area contributed by atoms with Crippen LogP contribution in [0.25, 0.3) is 0 Å². The zero-order valence-corrected chi connectivity index (χ0v) is 14.8. The fourth-order valence-electron chi connectivity index (χ4n) is 3.90. The lowest BCUT2D eigenvalue weighted by Gasteiger charge is -2.22. The molecule has 1 saturated carbocycles. The Labute approximate surface area is 145 Å². The highest BCUT2D eigenvalue weighted by molar-refractivity contribution is 5.88. The van der Waals surface area contributed by atoms with Crippen LogP contribution in [0.15, 0.2) is 23.4 Å². The van der Waals surface area contributed by atoms with Crippen LogP contribution in [0.4, 0.5) is 0 Å². The van der Waals surface area contributed by atoms with Gasteiger partial charge in [0.15, 0.2) is 0 Å². The average molecular weight is 330 g/mol. The smallest absolute Gasteiger partial charge is 0.117 e. The summed E-state index contributed by atoms with van der Waals surface area (Å²) in [6.45, 7) is 2.97. The standard InChI is InChI=1S/C20H30N2O2/c1-2-3-10-24-22-19-7-6-15-11-16(4-5-17(15)12-19)18-8-9-20(21,13-18)14-23/h4-5,11,18,23H,2-3,6-10,12-14,21H2,1H3/b22-19-/t18-,20+/m0/s1. The molecule has 2 aliphatic rings. The topological polar surface area (TPSA) is 67.8 Å². The first-order valence-electron chi connectivity index (χ1n) is 9.32. The summed E-state index contributed by atoms with van der Waals surface area (Å²) in [5.74, 6) is 0.486. The van der Waals surface area contributed by atoms with Gasteiger partial charge in [-0.3, -0.25) is 0 Å². The molecule has 132 valence electrons. The molecule has 0 saturated heterocycles. The first-order chi connectivity index (χ1) is 11.6. The molecule has 4 nitrogen and oxygen atoms in total. The van der Waals surface area contributed by atoms with Gasteiger partial charge >= 0.3 is 0 Å². The number of aliphatic hydroxyl groups is 1. The number of aliphatic hydroxyl groups excluding tert-OH is 1. The van der Waals surface area contributed by atoms with Gasteiger partial charge in [0.25, 0.3) is 0 Å². The highest BCUT2D eigenvalue weighted by atomic mass is 16.6. The predicted molar refractivity (Wildman–Crippen MR) is 97.4 cm³/mol. The third-order valence-corrected chi connectivity index (χ3v) is 5.52. The molecule has 0 aromatic heterocycles. The van der Waals surface area contributed by atoms with E-state index in [-0.39, 0.29) is 12.1 Å². The molecule has 3 rings (SSSR count). The SMILES string of the molecule is CCCCO/N=C1/CCc2cc([C@H]3CC[C@](N)(CO)C3)ccc2C1. The number of nitrogens with zero attached hydrogens (tertiary/aromatic N) is 1. The second kappa shape index (κ2) is 7.66. The maximum Gasteiger partial charge on any atom is 0.117 e. The first-order valence-corrected chi connectivity index (χ1v) is 9.32. The van der Waals surface area contributed by atoms with E-state index in [1.165, 1.54) is 16.7 Å². The molecule has 0 heterocycles. The van der Waals surface area contributed by atoms with Crippen LogP contribution in [0.2, 0.25) is 0 Å². The molecule has 2 aliphatic carbocycles. The van der Waals surface area contributed by atoms with Crippen LogP contribution in [0.3, 0.4) is 0 Å². The van der Waals surface area contributed by atoms with E-state index in [1.54, 1.807) is 0 Å². The Kier molecular flexibility index (Phi) is 5.57. The molecular formula is C20H30N2O2. The summed E-state index contributed by atoms with van der Waals surface area (Å²) < 4.78 is 0. The Morgan fingerprint density at radius 1 is 1.33 bits per heavy atom. The molecule has 2 atom stereocenters. The summed E-state index contributed by atoms with van der Waals surface area (Å²) in [5.41, 5.74) is 11.2. The van der Waals surface area contributed by atoms with Gasteiger partial charge < -0.3 is 15.7 Å². The minimum absolute atomic E-state index is 0.0896. The molecule has 4 heteroatoms. The number of aryl methyl sites for hydroxylation is 1. The Morgan fingerprint density at radius 3 is 2.96 bits per heavy atom. The van der Waals surface area contributed by atoms with Gasteiger partial charge in [0.2, 0.25) is 0 Å². The monoisotopic (exact) mass is 330 g/mol. The summed E-state index contributed by atoms with van der Waals surface area (Å²) in [6.07, 6.45) is 8.02. The number of hydrogen-bond donors (Lipinski definition) is 2. The van der Waals surface area contributed by atoms with Crippen molar-refractivity contribution in [2.75, 3.05) is 13.2 Å². The normalized spacial score (nSPS) is 28.1. The molecule has 0 bridgehead atoms. The molecule has 0 radical (unpaired) electrons. The van der Waals surface area contributed by atoms with Gasteiger partial charge in [-0.05, 0) is 61.1 Å². The second-order valence-electron chi connectivity index (χ2n) is 7.51. The van der Waals surface area contributed by atoms with Crippen molar-refractivity contribution in [3.63, 3.8) is 0 Å². The average Bonchev–Trinajstić information content (AvgIpc) is 3.01. The summed E-state index contributed by atoms with van der Waals surface area (Å²) in [6, 6.07) is 6.85. The van der Waals surface area contributed by atoms with Crippen molar-refractivity contribution in [2.45, 2.75) is 69.7 Å². The summed E-state index contributed by atoms with van der Waals surface area (Å²) in [7, 11) is 0. The maximum atomic E-state index is 9.47. The minimum atomic E-state index is -0.379. The molecule has 1 aromatic rings. The van der Waals surface area contributed by atoms with Crippen LogP contribution in [0, 0.1) is 0 Å². The molecule has 0 aliphatic heterocycles. The lowest BCUT2D eigenvalue weighted by atomic mass is 9.85. The van der Waals surface area contributed by atoms with Crippen molar-refractivity contribution in [1.82, 2.24) is 0 Å². The lowest BCUT2D eigenvalue weighted by molar-refractivity contribution is 0.140. The Morgan fingerprint density at radius 2 is 2.21 bits per heavy atom. The Hall–Kier alpha value is -1.39. The number of rotatable bonds is 6. The van der Waals surface area contributed by atoms with E-state index in [9.17, 15) is 5.11 Å². The van der Waals surface area contributed by atoms with Crippen LogP contribution in [-0.4, -0.2) is 29.6 Å². The van der Waals surface area contributed by atoms with E-state index in [0.29, 0.717) is 5.92 Å². The van der Waals surface area contributed by atoms with Crippen molar-refractivity contribution in [1.29, 1.82) is 0 Å². The Bertz CT molecular complexity index is 599. The van der Waals surface area contributed by atoms with Crippen molar-refractivity contribution in [3.8, 4) is 0 Å². The summed E-state index contributed by atoms with van der Waals surface area (Å²) >= 11 is 0. The van der Waals surface area contributed by atoms with Gasteiger partial charge in [0, 0.05) is 12.0 Å². The third-order valence-electron chi connectivity index (χ3n) is 5.52. The first kappa shape index (κ1) is 17.4. The predicted octanol–water partition coefficient (Wildman–Crippen LogP) is 3.31. The van der Waals surface area contributed by atoms with Crippen LogP contribution in [-0.2, 0) is 17.7 Å². The quantitative estimate of drug-likeness (QED) is 0.621. The van der Waals surface area contributed by atoms with Crippen LogP contribution in [0.5, 0.6) is 0 Å². The van der Waals surface area contributed by atoms with Crippen LogP contribution >= 0.6 is 0 Å². The number of benzene rings is 1. The lowest BCUT2D eigenvalue weighted by Crippen LogP contribution is -2.40. The third kappa shape index (κ3) is 3.98. The van der Waals surface area contributed by atoms with Crippen molar-refractivity contribution >= 4 is 5.71 Å². The number of hydrogen-bond acceptors (Lipinski definition) is 4. The second-order valence-corrected chi connectivity index (χ2v) is 7.51. The van der Waals surface area contributed by atoms with Crippen molar-refractivity contribution in [3.05, 3.63) is 34.9 Å². The fraction of sp³-hybridized carbons (Fsp3) is 0.650. The van der Waals surface area contributed by atoms with E-state index >= 15 is 0 Å². The largest absolute Gasteiger partial charge is 0.396 e. The molecule has 0 amide bonds. The van der Waals surface area contributed by atoms with Crippen molar-refractivity contribution in [2.24, 2.45) is 10.9 Å². The highest BCUT2D eigenvalue weighted by Crippen LogP contribution is 2.40. The fourth-order valence-corrected chi connectivity index (χ4v) is 3.90. The van der Waals surface area contributed by atoms with Gasteiger partial charge in [0.05, 0.1) is 12.3 Å². The number of unbranched alkanes of at least 4 members (excludes halogenated alkanes) is 1. The van der Waals surface area contributed by atoms with Gasteiger partial charge in [-0.15, -0.1) is 0 Å². The molecule has 24 heavy (non-hydrogen) atoms. The molecular weight excluding hydrogens is 300 g/mol. The number of fused-ring (bicyclic) bond motifs is 1. The summed E-state index contributed by atoms with van der Waals surface area (Å²) in [4.78, 5) is 5.42. The number of oxime groups is 1. The highest BCUT2D eigenvalue weighted by Gasteiger charge is 2.36. The minimum Gasteiger partial charge on any atom is -0.396 e. The maximum absolute atomic E-state index is 9.47. The van der Waals surface area contributed by atoms with E-state index < -0.39 is 0 Å². The number of nitrogens with two attached hydrogens (primary N) is 1. The van der Waals surface area contributed by atoms with Gasteiger partial charge in [0.1, 0.15) is 6.61 Å². The van der Waals surface area contributed by atoms with E-state index in [1.807, 2.05) is 0 Å². The van der Waals surface area contributed by atoms with E-state index in [4.69, 9.17) is 10.6 Å². The van der Waals surface area contributed by atoms with Crippen molar-refractivity contribution < 1.29 is 9.94 Å². The molecule has 1 aromatic carbocycles. The summed E-state index contributed by atoms with van der Waals surface area (Å²) in [5, 5.41) is 13.8. The Balaban J connectivity index is 1.64.